The first-order valence-corrected chi connectivity index (χ1v) is 6.57. The molecule has 0 spiro atoms. The molecule has 1 aliphatic carbocycles. The zero-order valence-electron chi connectivity index (χ0n) is 11.0. The standard InChI is InChI=1S/C17H19N/c1-11-7-8-12(2)15(9-11)17(18)16-10-13-5-3-4-6-14(13)16/h3-9,16-17H,10,18H2,1-2H3. The molecule has 0 saturated carbocycles. The summed E-state index contributed by atoms with van der Waals surface area (Å²) in [6.07, 6.45) is 1.12. The van der Waals surface area contributed by atoms with E-state index in [-0.39, 0.29) is 6.04 Å². The molecule has 18 heavy (non-hydrogen) atoms. The molecule has 0 radical (unpaired) electrons. The number of hydrogen-bond donors (Lipinski definition) is 1. The Bertz CT molecular complexity index is 586. The number of benzene rings is 2. The first-order valence-electron chi connectivity index (χ1n) is 6.57. The van der Waals surface area contributed by atoms with Crippen molar-refractivity contribution in [2.45, 2.75) is 32.2 Å². The summed E-state index contributed by atoms with van der Waals surface area (Å²) in [5.41, 5.74) is 13.3. The van der Waals surface area contributed by atoms with Crippen LogP contribution in [0.5, 0.6) is 0 Å². The highest BCUT2D eigenvalue weighted by atomic mass is 14.7. The van der Waals surface area contributed by atoms with Crippen LogP contribution >= 0.6 is 0 Å². The van der Waals surface area contributed by atoms with E-state index >= 15 is 0 Å². The lowest BCUT2D eigenvalue weighted by molar-refractivity contribution is 0.498. The summed E-state index contributed by atoms with van der Waals surface area (Å²) in [4.78, 5) is 0. The minimum Gasteiger partial charge on any atom is -0.323 e. The molecule has 0 aliphatic heterocycles. The maximum Gasteiger partial charge on any atom is 0.0370 e. The lowest BCUT2D eigenvalue weighted by atomic mass is 9.71. The topological polar surface area (TPSA) is 26.0 Å². The second-order valence-electron chi connectivity index (χ2n) is 5.40. The Morgan fingerprint density at radius 2 is 1.89 bits per heavy atom. The fourth-order valence-electron chi connectivity index (χ4n) is 2.95. The Morgan fingerprint density at radius 3 is 2.67 bits per heavy atom. The highest BCUT2D eigenvalue weighted by Gasteiger charge is 2.31. The van der Waals surface area contributed by atoms with Gasteiger partial charge in [0.2, 0.25) is 0 Å². The van der Waals surface area contributed by atoms with Crippen molar-refractivity contribution in [3.05, 3.63) is 70.3 Å². The van der Waals surface area contributed by atoms with Crippen LogP contribution in [0.3, 0.4) is 0 Å². The molecule has 1 nitrogen and oxygen atoms in total. The normalized spacial score (nSPS) is 18.9. The molecule has 0 bridgehead atoms. The van der Waals surface area contributed by atoms with Crippen LogP contribution in [0.25, 0.3) is 0 Å². The summed E-state index contributed by atoms with van der Waals surface area (Å²) in [6, 6.07) is 15.3. The van der Waals surface area contributed by atoms with Gasteiger partial charge in [0.1, 0.15) is 0 Å². The maximum absolute atomic E-state index is 6.48. The number of nitrogens with two attached hydrogens (primary N) is 1. The number of aryl methyl sites for hydroxylation is 2. The molecule has 1 aliphatic rings. The zero-order chi connectivity index (χ0) is 12.7. The summed E-state index contributed by atoms with van der Waals surface area (Å²) in [6.45, 7) is 4.28. The molecule has 0 fully saturated rings. The molecule has 2 aromatic rings. The van der Waals surface area contributed by atoms with Gasteiger partial charge in [-0.3, -0.25) is 0 Å². The molecule has 2 aromatic carbocycles. The Kier molecular flexibility index (Phi) is 2.71. The minimum atomic E-state index is 0.125. The summed E-state index contributed by atoms with van der Waals surface area (Å²) < 4.78 is 0. The average Bonchev–Trinajstić information content (AvgIpc) is 2.33. The van der Waals surface area contributed by atoms with Crippen molar-refractivity contribution in [2.24, 2.45) is 5.73 Å². The van der Waals surface area contributed by atoms with Gasteiger partial charge in [0.15, 0.2) is 0 Å². The van der Waals surface area contributed by atoms with E-state index in [4.69, 9.17) is 5.73 Å². The summed E-state index contributed by atoms with van der Waals surface area (Å²) >= 11 is 0. The monoisotopic (exact) mass is 237 g/mol. The molecule has 2 atom stereocenters. The van der Waals surface area contributed by atoms with Crippen LogP contribution in [0.15, 0.2) is 42.5 Å². The van der Waals surface area contributed by atoms with Crippen LogP contribution < -0.4 is 5.73 Å². The van der Waals surface area contributed by atoms with E-state index in [2.05, 4.69) is 56.3 Å². The van der Waals surface area contributed by atoms with Gasteiger partial charge in [0.25, 0.3) is 0 Å². The first kappa shape index (κ1) is 11.5. The van der Waals surface area contributed by atoms with Gasteiger partial charge >= 0.3 is 0 Å². The number of rotatable bonds is 2. The van der Waals surface area contributed by atoms with Gasteiger partial charge < -0.3 is 5.73 Å². The van der Waals surface area contributed by atoms with E-state index in [1.54, 1.807) is 0 Å². The number of hydrogen-bond acceptors (Lipinski definition) is 1. The van der Waals surface area contributed by atoms with Gasteiger partial charge in [-0.2, -0.15) is 0 Å². The quantitative estimate of drug-likeness (QED) is 0.847. The van der Waals surface area contributed by atoms with Crippen molar-refractivity contribution >= 4 is 0 Å². The highest BCUT2D eigenvalue weighted by Crippen LogP contribution is 2.42. The second kappa shape index (κ2) is 4.25. The molecule has 0 aromatic heterocycles. The van der Waals surface area contributed by atoms with Gasteiger partial charge in [-0.1, -0.05) is 48.0 Å². The molecule has 2 unspecified atom stereocenters. The lowest BCUT2D eigenvalue weighted by Crippen LogP contribution is -2.29. The zero-order valence-corrected chi connectivity index (χ0v) is 11.0. The molecule has 0 saturated heterocycles. The molecule has 1 heteroatoms. The predicted molar refractivity (Wildman–Crippen MR) is 75.7 cm³/mol. The molecule has 0 amide bonds. The fraction of sp³-hybridized carbons (Fsp3) is 0.294. The van der Waals surface area contributed by atoms with Crippen molar-refractivity contribution < 1.29 is 0 Å². The lowest BCUT2D eigenvalue weighted by Gasteiger charge is -2.35. The summed E-state index contributed by atoms with van der Waals surface area (Å²) in [7, 11) is 0. The van der Waals surface area contributed by atoms with Crippen LogP contribution in [-0.2, 0) is 6.42 Å². The van der Waals surface area contributed by atoms with Gasteiger partial charge in [0.05, 0.1) is 0 Å². The SMILES string of the molecule is Cc1ccc(C)c(C(N)C2Cc3ccccc32)c1. The fourth-order valence-corrected chi connectivity index (χ4v) is 2.95. The van der Waals surface area contributed by atoms with E-state index in [0.717, 1.165) is 6.42 Å². The van der Waals surface area contributed by atoms with Crippen LogP contribution in [0.4, 0.5) is 0 Å². The van der Waals surface area contributed by atoms with Gasteiger partial charge in [0, 0.05) is 12.0 Å². The Hall–Kier alpha value is -1.60. The van der Waals surface area contributed by atoms with Gasteiger partial charge in [-0.25, -0.2) is 0 Å². The third kappa shape index (κ3) is 1.75. The Labute approximate surface area is 109 Å². The van der Waals surface area contributed by atoms with E-state index in [0.29, 0.717) is 5.92 Å². The van der Waals surface area contributed by atoms with Crippen LogP contribution in [-0.4, -0.2) is 0 Å². The second-order valence-corrected chi connectivity index (χ2v) is 5.40. The van der Waals surface area contributed by atoms with E-state index in [9.17, 15) is 0 Å². The van der Waals surface area contributed by atoms with E-state index in [1.165, 1.54) is 27.8 Å². The summed E-state index contributed by atoms with van der Waals surface area (Å²) in [5, 5.41) is 0. The van der Waals surface area contributed by atoms with Gasteiger partial charge in [-0.05, 0) is 42.5 Å². The van der Waals surface area contributed by atoms with Crippen molar-refractivity contribution in [3.63, 3.8) is 0 Å². The third-order valence-corrected chi connectivity index (χ3v) is 4.12. The van der Waals surface area contributed by atoms with Crippen molar-refractivity contribution in [1.29, 1.82) is 0 Å². The van der Waals surface area contributed by atoms with Crippen molar-refractivity contribution in [2.75, 3.05) is 0 Å². The molecule has 3 rings (SSSR count). The molecule has 0 heterocycles. The van der Waals surface area contributed by atoms with Crippen LogP contribution in [0.1, 0.15) is 39.8 Å². The van der Waals surface area contributed by atoms with Crippen molar-refractivity contribution in [3.8, 4) is 0 Å². The van der Waals surface area contributed by atoms with Gasteiger partial charge in [-0.15, -0.1) is 0 Å². The number of fused-ring (bicyclic) bond motifs is 1. The average molecular weight is 237 g/mol. The minimum absolute atomic E-state index is 0.125. The van der Waals surface area contributed by atoms with Crippen LogP contribution in [0, 0.1) is 13.8 Å². The van der Waals surface area contributed by atoms with E-state index in [1.807, 2.05) is 0 Å². The highest BCUT2D eigenvalue weighted by molar-refractivity contribution is 5.44. The Morgan fingerprint density at radius 1 is 1.11 bits per heavy atom. The molecule has 2 N–H and O–H groups in total. The third-order valence-electron chi connectivity index (χ3n) is 4.12. The van der Waals surface area contributed by atoms with Crippen LogP contribution in [0.2, 0.25) is 0 Å². The molecular formula is C17H19N. The smallest absolute Gasteiger partial charge is 0.0370 e. The largest absolute Gasteiger partial charge is 0.323 e. The first-order chi connectivity index (χ1) is 8.66. The maximum atomic E-state index is 6.48. The molecular weight excluding hydrogens is 218 g/mol. The predicted octanol–water partition coefficient (Wildman–Crippen LogP) is 3.64. The van der Waals surface area contributed by atoms with E-state index < -0.39 is 0 Å². The summed E-state index contributed by atoms with van der Waals surface area (Å²) in [5.74, 6) is 0.488. The van der Waals surface area contributed by atoms with Crippen molar-refractivity contribution in [1.82, 2.24) is 0 Å². The Balaban J connectivity index is 1.93. The molecule has 92 valence electrons.